The molecule has 146 valence electrons. The van der Waals surface area contributed by atoms with Crippen molar-refractivity contribution in [2.45, 2.75) is 52.0 Å². The molecule has 1 aliphatic rings. The van der Waals surface area contributed by atoms with E-state index in [4.69, 9.17) is 10.2 Å². The lowest BCUT2D eigenvalue weighted by Crippen LogP contribution is -2.36. The van der Waals surface area contributed by atoms with Crippen LogP contribution in [0.2, 0.25) is 0 Å². The second kappa shape index (κ2) is 8.67. The van der Waals surface area contributed by atoms with Gasteiger partial charge in [-0.15, -0.1) is 11.3 Å². The van der Waals surface area contributed by atoms with Crippen molar-refractivity contribution in [2.24, 2.45) is 11.1 Å². The number of rotatable bonds is 7. The van der Waals surface area contributed by atoms with Crippen molar-refractivity contribution in [1.29, 1.82) is 0 Å². The molecule has 8 heteroatoms. The fraction of sp³-hybridized carbons (Fsp3) is 0.526. The summed E-state index contributed by atoms with van der Waals surface area (Å²) in [6.45, 7) is 2.35. The number of aromatic nitrogens is 1. The minimum absolute atomic E-state index is 0.0333. The van der Waals surface area contributed by atoms with Gasteiger partial charge in [0.1, 0.15) is 11.5 Å². The van der Waals surface area contributed by atoms with E-state index >= 15 is 0 Å². The Balaban J connectivity index is 1.59. The molecule has 0 aromatic carbocycles. The Labute approximate surface area is 162 Å². The van der Waals surface area contributed by atoms with Crippen LogP contribution < -0.4 is 16.4 Å². The highest BCUT2D eigenvalue weighted by molar-refractivity contribution is 7.14. The Kier molecular flexibility index (Phi) is 6.28. The molecular formula is C19H26N4O3S. The SMILES string of the molecule is CC(=O)NCc1ccc(-c2csc(NC(=O)CC3(CN)CCCCC3)n2)o1. The highest BCUT2D eigenvalue weighted by Gasteiger charge is 2.33. The first-order valence-corrected chi connectivity index (χ1v) is 10.2. The lowest BCUT2D eigenvalue weighted by Gasteiger charge is -2.35. The number of nitrogens with two attached hydrogens (primary N) is 1. The summed E-state index contributed by atoms with van der Waals surface area (Å²) < 4.78 is 5.69. The Bertz CT molecular complexity index is 792. The van der Waals surface area contributed by atoms with Gasteiger partial charge < -0.3 is 20.8 Å². The third-order valence-corrected chi connectivity index (χ3v) is 5.82. The van der Waals surface area contributed by atoms with Crippen molar-refractivity contribution >= 4 is 28.3 Å². The number of thiazole rings is 1. The average molecular weight is 391 g/mol. The first-order chi connectivity index (χ1) is 13.0. The van der Waals surface area contributed by atoms with Crippen molar-refractivity contribution < 1.29 is 14.0 Å². The maximum absolute atomic E-state index is 12.5. The van der Waals surface area contributed by atoms with Gasteiger partial charge in [0, 0.05) is 18.7 Å². The summed E-state index contributed by atoms with van der Waals surface area (Å²) in [7, 11) is 0. The molecule has 0 bridgehead atoms. The van der Waals surface area contributed by atoms with Crippen LogP contribution in [-0.4, -0.2) is 23.3 Å². The second-order valence-electron chi connectivity index (χ2n) is 7.20. The number of hydrogen-bond donors (Lipinski definition) is 3. The van der Waals surface area contributed by atoms with Crippen LogP contribution in [0, 0.1) is 5.41 Å². The number of nitrogens with one attached hydrogen (secondary N) is 2. The van der Waals surface area contributed by atoms with Gasteiger partial charge in [-0.05, 0) is 36.9 Å². The Morgan fingerprint density at radius 1 is 1.30 bits per heavy atom. The van der Waals surface area contributed by atoms with E-state index < -0.39 is 0 Å². The van der Waals surface area contributed by atoms with Crippen LogP contribution in [0.3, 0.4) is 0 Å². The molecule has 0 atom stereocenters. The summed E-state index contributed by atoms with van der Waals surface area (Å²) in [5, 5.41) is 7.98. The highest BCUT2D eigenvalue weighted by Crippen LogP contribution is 2.38. The molecule has 2 aromatic heterocycles. The minimum atomic E-state index is -0.111. The third-order valence-electron chi connectivity index (χ3n) is 5.06. The van der Waals surface area contributed by atoms with Gasteiger partial charge in [0.05, 0.1) is 6.54 Å². The predicted molar refractivity (Wildman–Crippen MR) is 105 cm³/mol. The summed E-state index contributed by atoms with van der Waals surface area (Å²) in [5.74, 6) is 1.12. The third kappa shape index (κ3) is 5.17. The normalized spacial score (nSPS) is 16.1. The topological polar surface area (TPSA) is 110 Å². The summed E-state index contributed by atoms with van der Waals surface area (Å²) >= 11 is 1.36. The van der Waals surface area contributed by atoms with E-state index in [0.29, 0.717) is 41.9 Å². The van der Waals surface area contributed by atoms with E-state index in [0.717, 1.165) is 25.7 Å². The molecule has 1 fully saturated rings. The molecule has 3 rings (SSSR count). The van der Waals surface area contributed by atoms with Gasteiger partial charge >= 0.3 is 0 Å². The lowest BCUT2D eigenvalue weighted by molar-refractivity contribution is -0.119. The molecule has 4 N–H and O–H groups in total. The fourth-order valence-corrected chi connectivity index (χ4v) is 4.24. The van der Waals surface area contributed by atoms with Crippen molar-refractivity contribution in [1.82, 2.24) is 10.3 Å². The van der Waals surface area contributed by atoms with Crippen molar-refractivity contribution in [3.05, 3.63) is 23.3 Å². The monoisotopic (exact) mass is 390 g/mol. The largest absolute Gasteiger partial charge is 0.458 e. The van der Waals surface area contributed by atoms with Gasteiger partial charge in [-0.3, -0.25) is 9.59 Å². The summed E-state index contributed by atoms with van der Waals surface area (Å²) in [5.41, 5.74) is 6.57. The molecule has 27 heavy (non-hydrogen) atoms. The molecule has 1 saturated carbocycles. The maximum Gasteiger partial charge on any atom is 0.226 e. The van der Waals surface area contributed by atoms with Crippen LogP contribution in [0.25, 0.3) is 11.5 Å². The maximum atomic E-state index is 12.5. The zero-order valence-corrected chi connectivity index (χ0v) is 16.4. The van der Waals surface area contributed by atoms with Crippen molar-refractivity contribution in [3.8, 4) is 11.5 Å². The zero-order valence-electron chi connectivity index (χ0n) is 15.5. The average Bonchev–Trinajstić information content (AvgIpc) is 3.30. The van der Waals surface area contributed by atoms with Gasteiger partial charge in [-0.2, -0.15) is 0 Å². The van der Waals surface area contributed by atoms with E-state index in [1.807, 2.05) is 11.4 Å². The molecule has 0 unspecified atom stereocenters. The molecule has 7 nitrogen and oxygen atoms in total. The standard InChI is InChI=1S/C19H26N4O3S/c1-13(24)21-10-14-5-6-16(26-14)15-11-27-18(22-15)23-17(25)9-19(12-20)7-3-2-4-8-19/h5-6,11H,2-4,7-10,12,20H2,1H3,(H,21,24)(H,22,23,25). The van der Waals surface area contributed by atoms with Crippen LogP contribution in [-0.2, 0) is 16.1 Å². The molecule has 1 aliphatic carbocycles. The number of nitrogens with zero attached hydrogens (tertiary/aromatic N) is 1. The molecule has 0 radical (unpaired) electrons. The van der Waals surface area contributed by atoms with Crippen molar-refractivity contribution in [3.63, 3.8) is 0 Å². The van der Waals surface area contributed by atoms with E-state index in [-0.39, 0.29) is 17.2 Å². The molecule has 0 saturated heterocycles. The van der Waals surface area contributed by atoms with E-state index in [2.05, 4.69) is 15.6 Å². The van der Waals surface area contributed by atoms with Crippen molar-refractivity contribution in [2.75, 3.05) is 11.9 Å². The number of furan rings is 1. The van der Waals surface area contributed by atoms with E-state index in [1.165, 1.54) is 24.7 Å². The smallest absolute Gasteiger partial charge is 0.226 e. The number of carbonyl (C=O) groups is 2. The quantitative estimate of drug-likeness (QED) is 0.672. The van der Waals surface area contributed by atoms with Gasteiger partial charge in [0.2, 0.25) is 11.8 Å². The molecule has 0 spiro atoms. The molecule has 2 aromatic rings. The van der Waals surface area contributed by atoms with E-state index in [1.54, 1.807) is 6.07 Å². The van der Waals surface area contributed by atoms with Gasteiger partial charge in [-0.1, -0.05) is 19.3 Å². The molecule has 2 amide bonds. The fourth-order valence-electron chi connectivity index (χ4n) is 3.53. The second-order valence-corrected chi connectivity index (χ2v) is 8.06. The Morgan fingerprint density at radius 3 is 2.78 bits per heavy atom. The zero-order chi connectivity index (χ0) is 19.3. The predicted octanol–water partition coefficient (Wildman–Crippen LogP) is 3.28. The van der Waals surface area contributed by atoms with E-state index in [9.17, 15) is 9.59 Å². The Hall–Kier alpha value is -2.19. The number of anilines is 1. The van der Waals surface area contributed by atoms with Crippen LogP contribution in [0.4, 0.5) is 5.13 Å². The van der Waals surface area contributed by atoms with Crippen LogP contribution >= 0.6 is 11.3 Å². The molecular weight excluding hydrogens is 364 g/mol. The van der Waals surface area contributed by atoms with Gasteiger partial charge in [-0.25, -0.2) is 4.98 Å². The molecule has 0 aliphatic heterocycles. The number of hydrogen-bond acceptors (Lipinski definition) is 6. The number of amides is 2. The first kappa shape index (κ1) is 19.6. The number of carbonyl (C=O) groups excluding carboxylic acids is 2. The molecule has 2 heterocycles. The Morgan fingerprint density at radius 2 is 2.07 bits per heavy atom. The van der Waals surface area contributed by atoms with Gasteiger partial charge in [0.15, 0.2) is 10.9 Å². The van der Waals surface area contributed by atoms with Crippen LogP contribution in [0.15, 0.2) is 21.9 Å². The van der Waals surface area contributed by atoms with Crippen LogP contribution in [0.1, 0.15) is 51.2 Å². The lowest BCUT2D eigenvalue weighted by atomic mass is 9.72. The summed E-state index contributed by atoms with van der Waals surface area (Å²) in [6, 6.07) is 3.61. The summed E-state index contributed by atoms with van der Waals surface area (Å²) in [4.78, 5) is 27.9. The summed E-state index contributed by atoms with van der Waals surface area (Å²) in [6.07, 6.45) is 6.00. The highest BCUT2D eigenvalue weighted by atomic mass is 32.1. The first-order valence-electron chi connectivity index (χ1n) is 9.29. The van der Waals surface area contributed by atoms with Crippen LogP contribution in [0.5, 0.6) is 0 Å². The minimum Gasteiger partial charge on any atom is -0.458 e. The van der Waals surface area contributed by atoms with Gasteiger partial charge in [0.25, 0.3) is 0 Å².